The molecule has 3 rings (SSSR count). The molecule has 6 heteroatoms. The van der Waals surface area contributed by atoms with E-state index >= 15 is 0 Å². The summed E-state index contributed by atoms with van der Waals surface area (Å²) in [6, 6.07) is 8.06. The number of guanidine groups is 1. The Morgan fingerprint density at radius 1 is 1.16 bits per heavy atom. The Labute approximate surface area is 156 Å². The smallest absolute Gasteiger partial charge is 0.191 e. The fraction of sp³-hybridized carbons (Fsp3) is 0.632. The molecule has 2 fully saturated rings. The number of piperazine rings is 1. The van der Waals surface area contributed by atoms with Crippen LogP contribution in [0.1, 0.15) is 19.8 Å². The molecule has 2 heterocycles. The van der Waals surface area contributed by atoms with E-state index in [0.717, 1.165) is 37.7 Å². The molecule has 0 spiro atoms. The van der Waals surface area contributed by atoms with E-state index in [1.165, 1.54) is 38.2 Å². The lowest BCUT2D eigenvalue weighted by Crippen LogP contribution is -2.51. The number of rotatable bonds is 5. The Morgan fingerprint density at radius 3 is 2.56 bits per heavy atom. The van der Waals surface area contributed by atoms with Crippen molar-refractivity contribution < 1.29 is 0 Å². The molecule has 2 aliphatic rings. The Bertz CT molecular complexity index is 566. The Balaban J connectivity index is 1.45. The Kier molecular flexibility index (Phi) is 6.43. The predicted molar refractivity (Wildman–Crippen MR) is 107 cm³/mol. The highest BCUT2D eigenvalue weighted by Gasteiger charge is 2.22. The largest absolute Gasteiger partial charge is 0.370 e. The SMILES string of the molecule is CCCN1CCC(CN=C(N)N2CCN(c3ccc(Cl)cc3)CC2)C1. The summed E-state index contributed by atoms with van der Waals surface area (Å²) < 4.78 is 0. The van der Waals surface area contributed by atoms with Gasteiger partial charge in [-0.3, -0.25) is 4.99 Å². The second kappa shape index (κ2) is 8.77. The van der Waals surface area contributed by atoms with Gasteiger partial charge in [-0.05, 0) is 56.1 Å². The number of hydrogen-bond donors (Lipinski definition) is 1. The van der Waals surface area contributed by atoms with Crippen LogP contribution >= 0.6 is 11.6 Å². The van der Waals surface area contributed by atoms with Crippen molar-refractivity contribution in [1.82, 2.24) is 9.80 Å². The molecule has 2 N–H and O–H groups in total. The third kappa shape index (κ3) is 5.02. The molecular formula is C19H30ClN5. The van der Waals surface area contributed by atoms with E-state index in [-0.39, 0.29) is 0 Å². The van der Waals surface area contributed by atoms with Crippen LogP contribution in [0.3, 0.4) is 0 Å². The van der Waals surface area contributed by atoms with Gasteiger partial charge in [0.1, 0.15) is 0 Å². The number of nitrogens with zero attached hydrogens (tertiary/aromatic N) is 4. The quantitative estimate of drug-likeness (QED) is 0.645. The molecule has 0 aromatic heterocycles. The molecule has 25 heavy (non-hydrogen) atoms. The van der Waals surface area contributed by atoms with Crippen LogP contribution in [0.15, 0.2) is 29.3 Å². The monoisotopic (exact) mass is 363 g/mol. The van der Waals surface area contributed by atoms with Crippen molar-refractivity contribution >= 4 is 23.2 Å². The maximum absolute atomic E-state index is 6.25. The summed E-state index contributed by atoms with van der Waals surface area (Å²) in [6.45, 7) is 10.5. The summed E-state index contributed by atoms with van der Waals surface area (Å²) in [4.78, 5) is 11.8. The van der Waals surface area contributed by atoms with Crippen molar-refractivity contribution in [2.75, 3.05) is 57.3 Å². The van der Waals surface area contributed by atoms with E-state index in [0.29, 0.717) is 11.9 Å². The molecule has 0 bridgehead atoms. The summed E-state index contributed by atoms with van der Waals surface area (Å²) >= 11 is 5.97. The fourth-order valence-corrected chi connectivity index (χ4v) is 3.88. The lowest BCUT2D eigenvalue weighted by molar-refractivity contribution is 0.325. The van der Waals surface area contributed by atoms with E-state index in [9.17, 15) is 0 Å². The molecule has 138 valence electrons. The molecule has 2 aliphatic heterocycles. The summed E-state index contributed by atoms with van der Waals surface area (Å²) in [5.41, 5.74) is 7.47. The third-order valence-electron chi connectivity index (χ3n) is 5.22. The summed E-state index contributed by atoms with van der Waals surface area (Å²) in [6.07, 6.45) is 2.48. The minimum absolute atomic E-state index is 0.667. The first kappa shape index (κ1) is 18.3. The van der Waals surface area contributed by atoms with Crippen molar-refractivity contribution in [3.8, 4) is 0 Å². The number of hydrogen-bond acceptors (Lipinski definition) is 3. The molecular weight excluding hydrogens is 334 g/mol. The van der Waals surface area contributed by atoms with Gasteiger partial charge in [0.15, 0.2) is 5.96 Å². The lowest BCUT2D eigenvalue weighted by atomic mass is 10.1. The van der Waals surface area contributed by atoms with Crippen molar-refractivity contribution in [3.05, 3.63) is 29.3 Å². The summed E-state index contributed by atoms with van der Waals surface area (Å²) in [7, 11) is 0. The molecule has 5 nitrogen and oxygen atoms in total. The van der Waals surface area contributed by atoms with Crippen LogP contribution in [0.5, 0.6) is 0 Å². The van der Waals surface area contributed by atoms with E-state index < -0.39 is 0 Å². The average Bonchev–Trinajstić information content (AvgIpc) is 3.08. The van der Waals surface area contributed by atoms with Crippen molar-refractivity contribution in [1.29, 1.82) is 0 Å². The number of benzene rings is 1. The van der Waals surface area contributed by atoms with Crippen molar-refractivity contribution in [2.45, 2.75) is 19.8 Å². The average molecular weight is 364 g/mol. The van der Waals surface area contributed by atoms with E-state index in [1.54, 1.807) is 0 Å². The standard InChI is InChI=1S/C19H30ClN5/c1-2-8-23-9-7-16(15-23)14-22-19(21)25-12-10-24(11-13-25)18-5-3-17(20)4-6-18/h3-6,16H,2,7-15H2,1H3,(H2,21,22). The third-order valence-corrected chi connectivity index (χ3v) is 5.47. The number of likely N-dealkylation sites (tertiary alicyclic amines) is 1. The second-order valence-corrected chi connectivity index (χ2v) is 7.54. The normalized spacial score (nSPS) is 22.6. The van der Waals surface area contributed by atoms with Crippen molar-refractivity contribution in [3.63, 3.8) is 0 Å². The van der Waals surface area contributed by atoms with Gasteiger partial charge in [-0.1, -0.05) is 18.5 Å². The van der Waals surface area contributed by atoms with Crippen LogP contribution < -0.4 is 10.6 Å². The maximum atomic E-state index is 6.25. The van der Waals surface area contributed by atoms with E-state index in [1.807, 2.05) is 12.1 Å². The molecule has 0 saturated carbocycles. The molecule has 1 atom stereocenters. The zero-order valence-corrected chi connectivity index (χ0v) is 16.0. The number of halogens is 1. The van der Waals surface area contributed by atoms with Crippen LogP contribution in [-0.2, 0) is 0 Å². The van der Waals surface area contributed by atoms with Crippen LogP contribution in [0.2, 0.25) is 5.02 Å². The molecule has 1 unspecified atom stereocenters. The van der Waals surface area contributed by atoms with Crippen molar-refractivity contribution in [2.24, 2.45) is 16.6 Å². The lowest BCUT2D eigenvalue weighted by Gasteiger charge is -2.36. The molecule has 1 aromatic rings. The molecule has 1 aromatic carbocycles. The highest BCUT2D eigenvalue weighted by molar-refractivity contribution is 6.30. The van der Waals surface area contributed by atoms with Gasteiger partial charge in [0, 0.05) is 50.0 Å². The molecule has 0 radical (unpaired) electrons. The first-order valence-corrected chi connectivity index (χ1v) is 9.81. The van der Waals surface area contributed by atoms with Crippen LogP contribution in [-0.4, -0.2) is 68.1 Å². The van der Waals surface area contributed by atoms with Gasteiger partial charge in [-0.2, -0.15) is 0 Å². The summed E-state index contributed by atoms with van der Waals surface area (Å²) in [5, 5.41) is 0.781. The molecule has 0 amide bonds. The van der Waals surface area contributed by atoms with E-state index in [2.05, 4.69) is 33.8 Å². The highest BCUT2D eigenvalue weighted by Crippen LogP contribution is 2.20. The minimum Gasteiger partial charge on any atom is -0.370 e. The fourth-order valence-electron chi connectivity index (χ4n) is 3.75. The maximum Gasteiger partial charge on any atom is 0.191 e. The minimum atomic E-state index is 0.667. The zero-order valence-electron chi connectivity index (χ0n) is 15.2. The van der Waals surface area contributed by atoms with Crippen LogP contribution in [0, 0.1) is 5.92 Å². The summed E-state index contributed by atoms with van der Waals surface area (Å²) in [5.74, 6) is 1.38. The number of nitrogens with two attached hydrogens (primary N) is 1. The molecule has 2 saturated heterocycles. The van der Waals surface area contributed by atoms with Gasteiger partial charge in [0.25, 0.3) is 0 Å². The van der Waals surface area contributed by atoms with E-state index in [4.69, 9.17) is 22.3 Å². The van der Waals surface area contributed by atoms with Gasteiger partial charge >= 0.3 is 0 Å². The van der Waals surface area contributed by atoms with Gasteiger partial charge in [0.05, 0.1) is 0 Å². The number of anilines is 1. The second-order valence-electron chi connectivity index (χ2n) is 7.10. The Hall–Kier alpha value is -1.46. The number of aliphatic imine (C=N–C) groups is 1. The highest BCUT2D eigenvalue weighted by atomic mass is 35.5. The van der Waals surface area contributed by atoms with Crippen LogP contribution in [0.4, 0.5) is 5.69 Å². The van der Waals surface area contributed by atoms with Gasteiger partial charge < -0.3 is 20.4 Å². The Morgan fingerprint density at radius 2 is 1.88 bits per heavy atom. The van der Waals surface area contributed by atoms with Gasteiger partial charge in [-0.15, -0.1) is 0 Å². The van der Waals surface area contributed by atoms with Crippen LogP contribution in [0.25, 0.3) is 0 Å². The first-order chi connectivity index (χ1) is 12.2. The topological polar surface area (TPSA) is 48.1 Å². The van der Waals surface area contributed by atoms with Gasteiger partial charge in [-0.25, -0.2) is 0 Å². The zero-order chi connectivity index (χ0) is 17.6. The predicted octanol–water partition coefficient (Wildman–Crippen LogP) is 2.51. The molecule has 0 aliphatic carbocycles. The first-order valence-electron chi connectivity index (χ1n) is 9.43. The van der Waals surface area contributed by atoms with Gasteiger partial charge in [0.2, 0.25) is 0 Å².